The molecule has 0 spiro atoms. The fraction of sp³-hybridized carbons (Fsp3) is 0.417. The van der Waals surface area contributed by atoms with E-state index >= 15 is 0 Å². The van der Waals surface area contributed by atoms with Gasteiger partial charge in [-0.1, -0.05) is 6.07 Å². The molecule has 0 aromatic carbocycles. The molecule has 2 unspecified atom stereocenters. The number of carboxylic acid groups (broad SMARTS) is 1. The first-order chi connectivity index (χ1) is 8.50. The standard InChI is InChI=1S/C12H14N2O4/c1-7-3-4-8(5-13-7)10-11(12(16)17)18-6-9(15)14(10)2/h3-5,10-11H,6H2,1-2H3,(H,16,17). The van der Waals surface area contributed by atoms with Crippen LogP contribution in [0.2, 0.25) is 0 Å². The first-order valence-electron chi connectivity index (χ1n) is 5.53. The van der Waals surface area contributed by atoms with Gasteiger partial charge < -0.3 is 14.7 Å². The van der Waals surface area contributed by atoms with Crippen molar-refractivity contribution in [3.8, 4) is 0 Å². The van der Waals surface area contributed by atoms with E-state index in [4.69, 9.17) is 9.84 Å². The third kappa shape index (κ3) is 2.19. The van der Waals surface area contributed by atoms with Crippen molar-refractivity contribution in [3.63, 3.8) is 0 Å². The minimum Gasteiger partial charge on any atom is -0.479 e. The van der Waals surface area contributed by atoms with Gasteiger partial charge in [0.1, 0.15) is 6.61 Å². The van der Waals surface area contributed by atoms with E-state index in [1.54, 1.807) is 25.4 Å². The topological polar surface area (TPSA) is 79.7 Å². The fourth-order valence-corrected chi connectivity index (χ4v) is 1.97. The van der Waals surface area contributed by atoms with Gasteiger partial charge in [-0.05, 0) is 18.6 Å². The summed E-state index contributed by atoms with van der Waals surface area (Å²) in [4.78, 5) is 28.3. The van der Waals surface area contributed by atoms with Gasteiger partial charge in [-0.3, -0.25) is 9.78 Å². The van der Waals surface area contributed by atoms with Gasteiger partial charge in [0.25, 0.3) is 0 Å². The summed E-state index contributed by atoms with van der Waals surface area (Å²) < 4.78 is 5.10. The van der Waals surface area contributed by atoms with Crippen molar-refractivity contribution in [2.24, 2.45) is 0 Å². The lowest BCUT2D eigenvalue weighted by Crippen LogP contribution is -2.50. The molecule has 1 aliphatic rings. The first-order valence-corrected chi connectivity index (χ1v) is 5.53. The summed E-state index contributed by atoms with van der Waals surface area (Å²) in [6.45, 7) is 1.63. The minimum atomic E-state index is -1.08. The van der Waals surface area contributed by atoms with Gasteiger partial charge in [-0.2, -0.15) is 0 Å². The van der Waals surface area contributed by atoms with E-state index in [1.807, 2.05) is 6.92 Å². The number of ether oxygens (including phenoxy) is 1. The number of nitrogens with zero attached hydrogens (tertiary/aromatic N) is 2. The Balaban J connectivity index is 2.37. The molecule has 0 aliphatic carbocycles. The van der Waals surface area contributed by atoms with Crippen LogP contribution in [0, 0.1) is 6.92 Å². The number of hydrogen-bond acceptors (Lipinski definition) is 4. The highest BCUT2D eigenvalue weighted by molar-refractivity contribution is 5.82. The summed E-state index contributed by atoms with van der Waals surface area (Å²) in [6.07, 6.45) is 0.520. The van der Waals surface area contributed by atoms with E-state index in [1.165, 1.54) is 4.90 Å². The number of amides is 1. The molecule has 6 heteroatoms. The van der Waals surface area contributed by atoms with E-state index in [2.05, 4.69) is 4.98 Å². The highest BCUT2D eigenvalue weighted by Crippen LogP contribution is 2.28. The zero-order valence-electron chi connectivity index (χ0n) is 10.2. The number of aromatic nitrogens is 1. The molecular weight excluding hydrogens is 236 g/mol. The van der Waals surface area contributed by atoms with Crippen LogP contribution in [0.4, 0.5) is 0 Å². The molecule has 6 nitrogen and oxygen atoms in total. The third-order valence-corrected chi connectivity index (χ3v) is 3.00. The molecule has 1 saturated heterocycles. The van der Waals surface area contributed by atoms with Crippen molar-refractivity contribution < 1.29 is 19.4 Å². The Kier molecular flexibility index (Phi) is 3.29. The van der Waals surface area contributed by atoms with Crippen LogP contribution in [0.3, 0.4) is 0 Å². The molecule has 2 heterocycles. The molecule has 2 rings (SSSR count). The SMILES string of the molecule is Cc1ccc(C2C(C(=O)O)OCC(=O)N2C)cn1. The zero-order chi connectivity index (χ0) is 13.3. The molecule has 1 N–H and O–H groups in total. The van der Waals surface area contributed by atoms with Crippen LogP contribution in [-0.4, -0.2) is 46.6 Å². The Morgan fingerprint density at radius 1 is 1.56 bits per heavy atom. The van der Waals surface area contributed by atoms with Crippen molar-refractivity contribution in [1.82, 2.24) is 9.88 Å². The van der Waals surface area contributed by atoms with Gasteiger partial charge >= 0.3 is 5.97 Å². The average Bonchev–Trinajstić information content (AvgIpc) is 2.33. The van der Waals surface area contributed by atoms with Crippen molar-refractivity contribution in [2.75, 3.05) is 13.7 Å². The predicted molar refractivity (Wildman–Crippen MR) is 61.9 cm³/mol. The van der Waals surface area contributed by atoms with Crippen molar-refractivity contribution >= 4 is 11.9 Å². The largest absolute Gasteiger partial charge is 0.479 e. The second-order valence-corrected chi connectivity index (χ2v) is 4.25. The fourth-order valence-electron chi connectivity index (χ4n) is 1.97. The van der Waals surface area contributed by atoms with Crippen LogP contribution in [0.1, 0.15) is 17.3 Å². The number of pyridine rings is 1. The van der Waals surface area contributed by atoms with E-state index < -0.39 is 18.1 Å². The number of carbonyl (C=O) groups is 2. The number of hydrogen-bond donors (Lipinski definition) is 1. The van der Waals surface area contributed by atoms with Crippen molar-refractivity contribution in [1.29, 1.82) is 0 Å². The maximum atomic E-state index is 11.6. The molecule has 1 aromatic heterocycles. The number of aryl methyl sites for hydroxylation is 1. The van der Waals surface area contributed by atoms with Gasteiger partial charge in [-0.15, -0.1) is 0 Å². The van der Waals surface area contributed by atoms with E-state index in [-0.39, 0.29) is 12.5 Å². The minimum absolute atomic E-state index is 0.205. The number of carbonyl (C=O) groups excluding carboxylic acids is 1. The molecule has 1 aliphatic heterocycles. The molecule has 96 valence electrons. The third-order valence-electron chi connectivity index (χ3n) is 3.00. The second kappa shape index (κ2) is 4.73. The zero-order valence-corrected chi connectivity index (χ0v) is 10.2. The predicted octanol–water partition coefficient (Wildman–Crippen LogP) is 0.373. The molecule has 1 aromatic rings. The van der Waals surface area contributed by atoms with Crippen molar-refractivity contribution in [3.05, 3.63) is 29.6 Å². The number of morpholine rings is 1. The van der Waals surface area contributed by atoms with Crippen LogP contribution in [0.25, 0.3) is 0 Å². The van der Waals surface area contributed by atoms with Gasteiger partial charge in [-0.25, -0.2) is 4.79 Å². The van der Waals surface area contributed by atoms with Crippen LogP contribution < -0.4 is 0 Å². The number of rotatable bonds is 2. The maximum Gasteiger partial charge on any atom is 0.335 e. The summed E-state index contributed by atoms with van der Waals surface area (Å²) in [7, 11) is 1.57. The lowest BCUT2D eigenvalue weighted by atomic mass is 10.00. The van der Waals surface area contributed by atoms with E-state index in [9.17, 15) is 9.59 Å². The van der Waals surface area contributed by atoms with Gasteiger partial charge in [0.05, 0.1) is 6.04 Å². The van der Waals surface area contributed by atoms with Gasteiger partial charge in [0.15, 0.2) is 6.10 Å². The van der Waals surface area contributed by atoms with E-state index in [0.29, 0.717) is 5.56 Å². The summed E-state index contributed by atoms with van der Waals surface area (Å²) in [5, 5.41) is 9.15. The van der Waals surface area contributed by atoms with Crippen LogP contribution in [0.5, 0.6) is 0 Å². The van der Waals surface area contributed by atoms with Crippen molar-refractivity contribution in [2.45, 2.75) is 19.1 Å². The summed E-state index contributed by atoms with van der Waals surface area (Å²) in [5.74, 6) is -1.32. The summed E-state index contributed by atoms with van der Waals surface area (Å²) >= 11 is 0. The highest BCUT2D eigenvalue weighted by Gasteiger charge is 2.40. The quantitative estimate of drug-likeness (QED) is 0.820. The number of aliphatic carboxylic acids is 1. The maximum absolute atomic E-state index is 11.6. The normalized spacial score (nSPS) is 24.1. The van der Waals surface area contributed by atoms with Crippen LogP contribution >= 0.6 is 0 Å². The Hall–Kier alpha value is -1.95. The lowest BCUT2D eigenvalue weighted by molar-refractivity contribution is -0.171. The Morgan fingerprint density at radius 2 is 2.28 bits per heavy atom. The molecule has 0 bridgehead atoms. The number of carboxylic acids is 1. The molecule has 0 saturated carbocycles. The van der Waals surface area contributed by atoms with Gasteiger partial charge in [0, 0.05) is 18.9 Å². The molecule has 1 fully saturated rings. The molecule has 18 heavy (non-hydrogen) atoms. The Bertz CT molecular complexity index is 471. The second-order valence-electron chi connectivity index (χ2n) is 4.25. The van der Waals surface area contributed by atoms with Crippen LogP contribution in [-0.2, 0) is 14.3 Å². The van der Waals surface area contributed by atoms with Gasteiger partial charge in [0.2, 0.25) is 5.91 Å². The lowest BCUT2D eigenvalue weighted by Gasteiger charge is -2.36. The Labute approximate surface area is 104 Å². The summed E-state index contributed by atoms with van der Waals surface area (Å²) in [6, 6.07) is 2.90. The average molecular weight is 250 g/mol. The number of likely N-dealkylation sites (N-methyl/N-ethyl adjacent to an activating group) is 1. The Morgan fingerprint density at radius 3 is 2.83 bits per heavy atom. The molecule has 2 atom stereocenters. The molecule has 0 radical (unpaired) electrons. The highest BCUT2D eigenvalue weighted by atomic mass is 16.5. The van der Waals surface area contributed by atoms with E-state index in [0.717, 1.165) is 5.69 Å². The summed E-state index contributed by atoms with van der Waals surface area (Å²) in [5.41, 5.74) is 1.49. The molecular formula is C12H14N2O4. The monoisotopic (exact) mass is 250 g/mol. The smallest absolute Gasteiger partial charge is 0.335 e. The molecule has 1 amide bonds. The van der Waals surface area contributed by atoms with Crippen LogP contribution in [0.15, 0.2) is 18.3 Å². The first kappa shape index (κ1) is 12.5.